The summed E-state index contributed by atoms with van der Waals surface area (Å²) in [5, 5.41) is 3.37. The minimum Gasteiger partial charge on any atom is -0.385 e. The fourth-order valence-corrected chi connectivity index (χ4v) is 1.83. The monoisotopic (exact) mass is 221 g/mol. The lowest BCUT2D eigenvalue weighted by Gasteiger charge is -2.16. The molecule has 1 rings (SSSR count). The smallest absolute Gasteiger partial charge is 0.0462 e. The number of methoxy groups -OCH3 is 1. The highest BCUT2D eigenvalue weighted by molar-refractivity contribution is 5.22. The van der Waals surface area contributed by atoms with E-state index in [9.17, 15) is 0 Å². The van der Waals surface area contributed by atoms with Crippen LogP contribution >= 0.6 is 0 Å². The third-order valence-electron chi connectivity index (χ3n) is 2.91. The Bertz CT molecular complexity index is 281. The second-order valence-corrected chi connectivity index (χ2v) is 4.31. The topological polar surface area (TPSA) is 21.3 Å². The molecule has 1 unspecified atom stereocenters. The zero-order valence-electron chi connectivity index (χ0n) is 10.6. The van der Waals surface area contributed by atoms with Crippen molar-refractivity contribution in [2.45, 2.75) is 32.2 Å². The fourth-order valence-electron chi connectivity index (χ4n) is 1.83. The number of hydrogen-bond donors (Lipinski definition) is 1. The van der Waals surface area contributed by atoms with E-state index in [0.717, 1.165) is 25.9 Å². The van der Waals surface area contributed by atoms with Gasteiger partial charge < -0.3 is 10.1 Å². The van der Waals surface area contributed by atoms with Gasteiger partial charge in [-0.1, -0.05) is 29.8 Å². The molecular formula is C14H23NO. The largest absolute Gasteiger partial charge is 0.385 e. The Labute approximate surface area is 99.0 Å². The van der Waals surface area contributed by atoms with Crippen molar-refractivity contribution in [2.24, 2.45) is 0 Å². The van der Waals surface area contributed by atoms with Crippen LogP contribution in [0.15, 0.2) is 24.3 Å². The van der Waals surface area contributed by atoms with Gasteiger partial charge in [0.05, 0.1) is 0 Å². The first kappa shape index (κ1) is 13.2. The maximum atomic E-state index is 5.07. The van der Waals surface area contributed by atoms with Crippen LogP contribution in [0.1, 0.15) is 24.0 Å². The molecule has 0 aliphatic rings. The van der Waals surface area contributed by atoms with E-state index in [4.69, 9.17) is 4.74 Å². The molecule has 0 saturated heterocycles. The van der Waals surface area contributed by atoms with Crippen LogP contribution in [0.2, 0.25) is 0 Å². The Morgan fingerprint density at radius 3 is 2.50 bits per heavy atom. The predicted octanol–water partition coefficient (Wildman–Crippen LogP) is 2.55. The summed E-state index contributed by atoms with van der Waals surface area (Å²) < 4.78 is 5.07. The number of nitrogens with one attached hydrogen (secondary N) is 1. The number of likely N-dealkylation sites (N-methyl/N-ethyl adjacent to an activating group) is 1. The Kier molecular flexibility index (Phi) is 6.12. The summed E-state index contributed by atoms with van der Waals surface area (Å²) in [5.41, 5.74) is 2.73. The molecule has 1 N–H and O–H groups in total. The zero-order valence-corrected chi connectivity index (χ0v) is 10.6. The van der Waals surface area contributed by atoms with Crippen LogP contribution in [0.5, 0.6) is 0 Å². The van der Waals surface area contributed by atoms with E-state index < -0.39 is 0 Å². The molecule has 0 aliphatic carbocycles. The van der Waals surface area contributed by atoms with E-state index in [1.54, 1.807) is 7.11 Å². The van der Waals surface area contributed by atoms with Crippen LogP contribution in [0.4, 0.5) is 0 Å². The lowest BCUT2D eigenvalue weighted by molar-refractivity contribution is 0.189. The van der Waals surface area contributed by atoms with Gasteiger partial charge in [0, 0.05) is 19.8 Å². The zero-order chi connectivity index (χ0) is 11.8. The van der Waals surface area contributed by atoms with Crippen molar-refractivity contribution in [2.75, 3.05) is 20.8 Å². The summed E-state index contributed by atoms with van der Waals surface area (Å²) in [6, 6.07) is 9.35. The number of rotatable bonds is 7. The molecule has 0 heterocycles. The summed E-state index contributed by atoms with van der Waals surface area (Å²) in [7, 11) is 3.79. The molecule has 0 amide bonds. The number of benzene rings is 1. The summed E-state index contributed by atoms with van der Waals surface area (Å²) >= 11 is 0. The van der Waals surface area contributed by atoms with Gasteiger partial charge in [-0.15, -0.1) is 0 Å². The van der Waals surface area contributed by atoms with Crippen LogP contribution in [-0.4, -0.2) is 26.8 Å². The highest BCUT2D eigenvalue weighted by Crippen LogP contribution is 2.09. The minimum atomic E-state index is 0.554. The van der Waals surface area contributed by atoms with Crippen molar-refractivity contribution in [3.8, 4) is 0 Å². The summed E-state index contributed by atoms with van der Waals surface area (Å²) in [4.78, 5) is 0. The van der Waals surface area contributed by atoms with Gasteiger partial charge in [-0.25, -0.2) is 0 Å². The third-order valence-corrected chi connectivity index (χ3v) is 2.91. The lowest BCUT2D eigenvalue weighted by atomic mass is 10.0. The average molecular weight is 221 g/mol. The van der Waals surface area contributed by atoms with Crippen molar-refractivity contribution >= 4 is 0 Å². The second-order valence-electron chi connectivity index (χ2n) is 4.31. The second kappa shape index (κ2) is 7.42. The Morgan fingerprint density at radius 2 is 1.94 bits per heavy atom. The van der Waals surface area contributed by atoms with E-state index in [2.05, 4.69) is 36.5 Å². The molecular weight excluding hydrogens is 198 g/mol. The highest BCUT2D eigenvalue weighted by atomic mass is 16.5. The molecule has 1 aromatic rings. The van der Waals surface area contributed by atoms with Crippen molar-refractivity contribution in [3.05, 3.63) is 35.4 Å². The van der Waals surface area contributed by atoms with E-state index in [0.29, 0.717) is 6.04 Å². The maximum Gasteiger partial charge on any atom is 0.0462 e. The van der Waals surface area contributed by atoms with Crippen molar-refractivity contribution < 1.29 is 4.74 Å². The quantitative estimate of drug-likeness (QED) is 0.714. The normalized spacial score (nSPS) is 12.7. The summed E-state index contributed by atoms with van der Waals surface area (Å²) in [6.07, 6.45) is 3.38. The van der Waals surface area contributed by atoms with Gasteiger partial charge in [0.2, 0.25) is 0 Å². The van der Waals surface area contributed by atoms with E-state index in [1.165, 1.54) is 11.1 Å². The molecule has 0 saturated carbocycles. The Morgan fingerprint density at radius 1 is 1.25 bits per heavy atom. The molecule has 1 aromatic carbocycles. The van der Waals surface area contributed by atoms with Crippen molar-refractivity contribution in [1.29, 1.82) is 0 Å². The Balaban J connectivity index is 2.40. The van der Waals surface area contributed by atoms with Crippen LogP contribution in [0, 0.1) is 6.92 Å². The Hall–Kier alpha value is -0.860. The third kappa shape index (κ3) is 4.77. The van der Waals surface area contributed by atoms with Crippen LogP contribution < -0.4 is 5.32 Å². The van der Waals surface area contributed by atoms with Gasteiger partial charge in [-0.3, -0.25) is 0 Å². The van der Waals surface area contributed by atoms with Crippen LogP contribution in [-0.2, 0) is 11.2 Å². The van der Waals surface area contributed by atoms with E-state index >= 15 is 0 Å². The van der Waals surface area contributed by atoms with Gasteiger partial charge in [0.25, 0.3) is 0 Å². The summed E-state index contributed by atoms with van der Waals surface area (Å²) in [5.74, 6) is 0. The lowest BCUT2D eigenvalue weighted by Crippen LogP contribution is -2.27. The van der Waals surface area contributed by atoms with E-state index in [-0.39, 0.29) is 0 Å². The van der Waals surface area contributed by atoms with Crippen LogP contribution in [0.25, 0.3) is 0 Å². The minimum absolute atomic E-state index is 0.554. The molecule has 0 radical (unpaired) electrons. The molecule has 90 valence electrons. The molecule has 0 aromatic heterocycles. The van der Waals surface area contributed by atoms with Crippen molar-refractivity contribution in [1.82, 2.24) is 5.32 Å². The first-order valence-electron chi connectivity index (χ1n) is 5.98. The van der Waals surface area contributed by atoms with Gasteiger partial charge in [-0.05, 0) is 38.8 Å². The standard InChI is InChI=1S/C14H23NO/c1-12-6-8-13(9-7-12)11-14(15-2)5-4-10-16-3/h6-9,14-15H,4-5,10-11H2,1-3H3. The average Bonchev–Trinajstić information content (AvgIpc) is 2.31. The maximum absolute atomic E-state index is 5.07. The molecule has 1 atom stereocenters. The van der Waals surface area contributed by atoms with E-state index in [1.807, 2.05) is 7.05 Å². The van der Waals surface area contributed by atoms with Crippen LogP contribution in [0.3, 0.4) is 0 Å². The van der Waals surface area contributed by atoms with Gasteiger partial charge in [0.1, 0.15) is 0 Å². The molecule has 0 aliphatic heterocycles. The van der Waals surface area contributed by atoms with Gasteiger partial charge >= 0.3 is 0 Å². The molecule has 0 bridgehead atoms. The first-order valence-corrected chi connectivity index (χ1v) is 5.98. The fraction of sp³-hybridized carbons (Fsp3) is 0.571. The molecule has 2 nitrogen and oxygen atoms in total. The first-order chi connectivity index (χ1) is 7.76. The molecule has 16 heavy (non-hydrogen) atoms. The summed E-state index contributed by atoms with van der Waals surface area (Å²) in [6.45, 7) is 2.98. The molecule has 0 fully saturated rings. The SMILES string of the molecule is CNC(CCCOC)Cc1ccc(C)cc1. The predicted molar refractivity (Wildman–Crippen MR) is 68.8 cm³/mol. The number of aryl methyl sites for hydroxylation is 1. The van der Waals surface area contributed by atoms with Crippen molar-refractivity contribution in [3.63, 3.8) is 0 Å². The molecule has 0 spiro atoms. The number of hydrogen-bond acceptors (Lipinski definition) is 2. The van der Waals surface area contributed by atoms with Gasteiger partial charge in [0.15, 0.2) is 0 Å². The van der Waals surface area contributed by atoms with Gasteiger partial charge in [-0.2, -0.15) is 0 Å². The highest BCUT2D eigenvalue weighted by Gasteiger charge is 2.06. The molecule has 2 heteroatoms. The number of ether oxygens (including phenoxy) is 1.